The lowest BCUT2D eigenvalue weighted by molar-refractivity contribution is -0.140. The Labute approximate surface area is 181 Å². The van der Waals surface area contributed by atoms with Gasteiger partial charge in [0.15, 0.2) is 0 Å². The van der Waals surface area contributed by atoms with Crippen LogP contribution < -0.4 is 5.32 Å². The summed E-state index contributed by atoms with van der Waals surface area (Å²) in [6.07, 6.45) is 7.39. The van der Waals surface area contributed by atoms with Crippen molar-refractivity contribution >= 4 is 35.0 Å². The van der Waals surface area contributed by atoms with Crippen molar-refractivity contribution in [3.63, 3.8) is 0 Å². The molecule has 0 aromatic carbocycles. The molecule has 30 heavy (non-hydrogen) atoms. The van der Waals surface area contributed by atoms with E-state index >= 15 is 0 Å². The summed E-state index contributed by atoms with van der Waals surface area (Å²) in [5.41, 5.74) is 3.25. The van der Waals surface area contributed by atoms with Crippen LogP contribution in [-0.4, -0.2) is 40.9 Å². The van der Waals surface area contributed by atoms with Crippen LogP contribution in [0.3, 0.4) is 0 Å². The molecular formula is C23H27N3O3S. The summed E-state index contributed by atoms with van der Waals surface area (Å²) in [4.78, 5) is 31.1. The first-order valence-corrected chi connectivity index (χ1v) is 11.3. The molecule has 4 heterocycles. The van der Waals surface area contributed by atoms with E-state index in [4.69, 9.17) is 4.74 Å². The highest BCUT2D eigenvalue weighted by molar-refractivity contribution is 7.10. The molecule has 0 unspecified atom stereocenters. The number of hydrogen-bond acceptors (Lipinski definition) is 5. The van der Waals surface area contributed by atoms with Gasteiger partial charge in [0.05, 0.1) is 12.7 Å². The molecule has 0 atom stereocenters. The number of aromatic nitrogens is 1. The standard InChI is InChI=1S/C23H27N3O3S/c1-15(2)7-17-9-20(30-14-17)13-29-19-11-26(12-19)22(28)6-3-16-8-18-4-5-21(27)25-23(18)24-10-16/h3,6,8-10,14-15,19H,4-5,7,11-13H2,1-2H3,(H,24,25,27). The van der Waals surface area contributed by atoms with Gasteiger partial charge in [0.1, 0.15) is 5.82 Å². The first kappa shape index (κ1) is 20.8. The highest BCUT2D eigenvalue weighted by atomic mass is 32.1. The SMILES string of the molecule is CC(C)Cc1csc(COC2CN(C(=O)C=Cc3cnc4c(c3)CCC(=O)N4)C2)c1. The monoisotopic (exact) mass is 425 g/mol. The van der Waals surface area contributed by atoms with E-state index in [9.17, 15) is 9.59 Å². The Bertz CT molecular complexity index is 960. The van der Waals surface area contributed by atoms with E-state index in [0.717, 1.165) is 17.5 Å². The number of carbonyl (C=O) groups is 2. The number of nitrogens with zero attached hydrogens (tertiary/aromatic N) is 2. The molecule has 0 bridgehead atoms. The molecule has 2 aliphatic heterocycles. The van der Waals surface area contributed by atoms with Gasteiger partial charge < -0.3 is 15.0 Å². The van der Waals surface area contributed by atoms with E-state index in [-0.39, 0.29) is 17.9 Å². The zero-order valence-electron chi connectivity index (χ0n) is 17.4. The summed E-state index contributed by atoms with van der Waals surface area (Å²) in [7, 11) is 0. The fourth-order valence-corrected chi connectivity index (χ4v) is 4.47. The first-order chi connectivity index (χ1) is 14.5. The minimum Gasteiger partial charge on any atom is -0.369 e. The number of hydrogen-bond donors (Lipinski definition) is 1. The van der Waals surface area contributed by atoms with Crippen molar-refractivity contribution in [3.8, 4) is 0 Å². The average Bonchev–Trinajstić information content (AvgIpc) is 3.11. The van der Waals surface area contributed by atoms with E-state index in [1.54, 1.807) is 34.6 Å². The number of rotatable bonds is 7. The zero-order chi connectivity index (χ0) is 21.1. The van der Waals surface area contributed by atoms with Gasteiger partial charge in [-0.25, -0.2) is 4.98 Å². The molecule has 0 radical (unpaired) electrons. The van der Waals surface area contributed by atoms with Gasteiger partial charge in [0.25, 0.3) is 0 Å². The number of nitrogens with one attached hydrogen (secondary N) is 1. The molecule has 0 spiro atoms. The normalized spacial score (nSPS) is 16.6. The topological polar surface area (TPSA) is 71.5 Å². The van der Waals surface area contributed by atoms with Crippen LogP contribution in [-0.2, 0) is 33.8 Å². The molecule has 2 aromatic heterocycles. The van der Waals surface area contributed by atoms with E-state index in [1.807, 2.05) is 6.07 Å². The Balaban J connectivity index is 1.22. The molecule has 6 nitrogen and oxygen atoms in total. The van der Waals surface area contributed by atoms with Gasteiger partial charge in [0, 0.05) is 36.7 Å². The number of aryl methyl sites for hydroxylation is 1. The van der Waals surface area contributed by atoms with Crippen LogP contribution in [0.5, 0.6) is 0 Å². The Morgan fingerprint density at radius 3 is 3.00 bits per heavy atom. The van der Waals surface area contributed by atoms with Crippen molar-refractivity contribution in [2.24, 2.45) is 5.92 Å². The number of ether oxygens (including phenoxy) is 1. The molecule has 0 saturated carbocycles. The smallest absolute Gasteiger partial charge is 0.246 e. The van der Waals surface area contributed by atoms with Crippen molar-refractivity contribution in [1.82, 2.24) is 9.88 Å². The van der Waals surface area contributed by atoms with E-state index in [0.29, 0.717) is 44.3 Å². The van der Waals surface area contributed by atoms with Gasteiger partial charge in [-0.3, -0.25) is 9.59 Å². The Hall–Kier alpha value is -2.51. The van der Waals surface area contributed by atoms with Crippen molar-refractivity contribution in [3.05, 3.63) is 51.4 Å². The van der Waals surface area contributed by atoms with E-state index in [2.05, 4.69) is 35.6 Å². The van der Waals surface area contributed by atoms with Crippen LogP contribution in [0, 0.1) is 5.92 Å². The molecule has 2 aromatic rings. The fraction of sp³-hybridized carbons (Fsp3) is 0.435. The van der Waals surface area contributed by atoms with Crippen LogP contribution >= 0.6 is 11.3 Å². The summed E-state index contributed by atoms with van der Waals surface area (Å²) in [5, 5.41) is 4.98. The second kappa shape index (κ2) is 9.10. The molecule has 1 saturated heterocycles. The lowest BCUT2D eigenvalue weighted by Crippen LogP contribution is -2.54. The number of likely N-dealkylation sites (tertiary alicyclic amines) is 1. The molecule has 1 N–H and O–H groups in total. The lowest BCUT2D eigenvalue weighted by Gasteiger charge is -2.38. The number of fused-ring (bicyclic) bond motifs is 1. The van der Waals surface area contributed by atoms with Crippen LogP contribution in [0.1, 0.15) is 41.8 Å². The van der Waals surface area contributed by atoms with E-state index < -0.39 is 0 Å². The quantitative estimate of drug-likeness (QED) is 0.687. The summed E-state index contributed by atoms with van der Waals surface area (Å²) in [6.45, 7) is 6.32. The van der Waals surface area contributed by atoms with Crippen molar-refractivity contribution < 1.29 is 14.3 Å². The molecular weight excluding hydrogens is 398 g/mol. The summed E-state index contributed by atoms with van der Waals surface area (Å²) in [6, 6.07) is 4.20. The van der Waals surface area contributed by atoms with E-state index in [1.165, 1.54) is 10.4 Å². The number of anilines is 1. The van der Waals surface area contributed by atoms with Crippen molar-refractivity contribution in [2.75, 3.05) is 18.4 Å². The second-order valence-corrected chi connectivity index (χ2v) is 9.35. The van der Waals surface area contributed by atoms with Gasteiger partial charge in [-0.2, -0.15) is 0 Å². The number of carbonyl (C=O) groups excluding carboxylic acids is 2. The summed E-state index contributed by atoms with van der Waals surface area (Å²) >= 11 is 1.74. The number of pyridine rings is 1. The fourth-order valence-electron chi connectivity index (χ4n) is 3.64. The predicted octanol–water partition coefficient (Wildman–Crippen LogP) is 3.67. The molecule has 0 aliphatic carbocycles. The maximum absolute atomic E-state index is 12.4. The van der Waals surface area contributed by atoms with Crippen LogP contribution in [0.4, 0.5) is 5.82 Å². The first-order valence-electron chi connectivity index (χ1n) is 10.4. The van der Waals surface area contributed by atoms with Crippen LogP contribution in [0.2, 0.25) is 0 Å². The summed E-state index contributed by atoms with van der Waals surface area (Å²) < 4.78 is 5.94. The average molecular weight is 426 g/mol. The van der Waals surface area contributed by atoms with Crippen LogP contribution in [0.25, 0.3) is 6.08 Å². The van der Waals surface area contributed by atoms with Gasteiger partial charge in [-0.05, 0) is 59.0 Å². The molecule has 2 aliphatic rings. The minimum atomic E-state index is -0.0174. The molecule has 1 fully saturated rings. The van der Waals surface area contributed by atoms with Gasteiger partial charge in [-0.15, -0.1) is 11.3 Å². The third kappa shape index (κ3) is 5.15. The minimum absolute atomic E-state index is 0.00176. The molecule has 7 heteroatoms. The van der Waals surface area contributed by atoms with Crippen LogP contribution in [0.15, 0.2) is 29.8 Å². The van der Waals surface area contributed by atoms with Gasteiger partial charge in [0.2, 0.25) is 11.8 Å². The number of thiophene rings is 1. The Morgan fingerprint density at radius 1 is 1.37 bits per heavy atom. The molecule has 158 valence electrons. The predicted molar refractivity (Wildman–Crippen MR) is 118 cm³/mol. The number of amides is 2. The maximum Gasteiger partial charge on any atom is 0.246 e. The molecule has 4 rings (SSSR count). The second-order valence-electron chi connectivity index (χ2n) is 8.35. The zero-order valence-corrected chi connectivity index (χ0v) is 18.2. The Morgan fingerprint density at radius 2 is 2.20 bits per heavy atom. The van der Waals surface area contributed by atoms with Gasteiger partial charge >= 0.3 is 0 Å². The highest BCUT2D eigenvalue weighted by Gasteiger charge is 2.30. The summed E-state index contributed by atoms with van der Waals surface area (Å²) in [5.74, 6) is 1.26. The largest absolute Gasteiger partial charge is 0.369 e. The van der Waals surface area contributed by atoms with Crippen molar-refractivity contribution in [1.29, 1.82) is 0 Å². The third-order valence-electron chi connectivity index (χ3n) is 5.26. The Kier molecular flexibility index (Phi) is 6.29. The third-order valence-corrected chi connectivity index (χ3v) is 6.22. The lowest BCUT2D eigenvalue weighted by atomic mass is 10.0. The van der Waals surface area contributed by atoms with Crippen molar-refractivity contribution in [2.45, 2.75) is 45.8 Å². The maximum atomic E-state index is 12.4. The molecule has 2 amide bonds. The highest BCUT2D eigenvalue weighted by Crippen LogP contribution is 2.23. The van der Waals surface area contributed by atoms with Gasteiger partial charge in [-0.1, -0.05) is 13.8 Å².